The van der Waals surface area contributed by atoms with Crippen molar-refractivity contribution in [2.75, 3.05) is 5.43 Å². The van der Waals surface area contributed by atoms with Gasteiger partial charge in [-0.05, 0) is 38.7 Å². The Kier molecular flexibility index (Phi) is 3.17. The first-order valence-electron chi connectivity index (χ1n) is 6.71. The summed E-state index contributed by atoms with van der Waals surface area (Å²) in [6, 6.07) is 8.25. The van der Waals surface area contributed by atoms with E-state index in [1.165, 1.54) is 24.0 Å². The number of hydrogen-bond donors (Lipinski definition) is 2. The molecule has 4 nitrogen and oxygen atoms in total. The van der Waals surface area contributed by atoms with E-state index in [-0.39, 0.29) is 0 Å². The Morgan fingerprint density at radius 1 is 1.16 bits per heavy atom. The minimum absolute atomic E-state index is 0.761. The van der Waals surface area contributed by atoms with Crippen molar-refractivity contribution in [2.24, 2.45) is 5.84 Å². The summed E-state index contributed by atoms with van der Waals surface area (Å²) in [6.45, 7) is 2.07. The molecule has 1 aromatic heterocycles. The highest BCUT2D eigenvalue weighted by atomic mass is 15.3. The molecule has 1 aliphatic carbocycles. The zero-order valence-electron chi connectivity index (χ0n) is 11.1. The summed E-state index contributed by atoms with van der Waals surface area (Å²) in [5.41, 5.74) is 7.31. The van der Waals surface area contributed by atoms with Crippen molar-refractivity contribution in [3.8, 4) is 11.4 Å². The molecular weight excluding hydrogens is 236 g/mol. The normalized spacial score (nSPS) is 14.0. The Morgan fingerprint density at radius 2 is 2.00 bits per heavy atom. The lowest BCUT2D eigenvalue weighted by Gasteiger charge is -2.18. The van der Waals surface area contributed by atoms with Gasteiger partial charge in [0.1, 0.15) is 5.82 Å². The minimum Gasteiger partial charge on any atom is -0.308 e. The van der Waals surface area contributed by atoms with Crippen LogP contribution >= 0.6 is 0 Å². The molecule has 0 aliphatic heterocycles. The van der Waals surface area contributed by atoms with E-state index >= 15 is 0 Å². The second-order valence-corrected chi connectivity index (χ2v) is 5.04. The van der Waals surface area contributed by atoms with Crippen molar-refractivity contribution in [3.63, 3.8) is 0 Å². The largest absolute Gasteiger partial charge is 0.308 e. The number of fused-ring (bicyclic) bond motifs is 1. The molecule has 4 heteroatoms. The van der Waals surface area contributed by atoms with Gasteiger partial charge in [0.25, 0.3) is 0 Å². The molecule has 98 valence electrons. The number of rotatable bonds is 2. The van der Waals surface area contributed by atoms with Crippen LogP contribution in [0.1, 0.15) is 29.7 Å². The highest BCUT2D eigenvalue weighted by Gasteiger charge is 2.17. The molecule has 0 bridgehead atoms. The molecule has 0 unspecified atom stereocenters. The van der Waals surface area contributed by atoms with Gasteiger partial charge >= 0.3 is 0 Å². The van der Waals surface area contributed by atoms with Gasteiger partial charge in [0.15, 0.2) is 5.82 Å². The number of hydrazine groups is 1. The molecule has 2 aromatic rings. The third kappa shape index (κ3) is 2.31. The van der Waals surface area contributed by atoms with Gasteiger partial charge in [0.2, 0.25) is 0 Å². The van der Waals surface area contributed by atoms with E-state index in [2.05, 4.69) is 29.5 Å². The maximum absolute atomic E-state index is 5.61. The van der Waals surface area contributed by atoms with Crippen LogP contribution in [-0.2, 0) is 12.8 Å². The number of nitrogens with two attached hydrogens (primary N) is 1. The number of anilines is 1. The van der Waals surface area contributed by atoms with Crippen molar-refractivity contribution in [1.82, 2.24) is 9.97 Å². The number of aromatic nitrogens is 2. The van der Waals surface area contributed by atoms with Gasteiger partial charge in [0, 0.05) is 16.8 Å². The molecule has 0 spiro atoms. The summed E-state index contributed by atoms with van der Waals surface area (Å²) >= 11 is 0. The van der Waals surface area contributed by atoms with Gasteiger partial charge in [-0.3, -0.25) is 0 Å². The van der Waals surface area contributed by atoms with Crippen LogP contribution in [0.2, 0.25) is 0 Å². The minimum atomic E-state index is 0.761. The van der Waals surface area contributed by atoms with E-state index in [1.54, 1.807) is 0 Å². The predicted molar refractivity (Wildman–Crippen MR) is 76.7 cm³/mol. The molecule has 3 N–H and O–H groups in total. The monoisotopic (exact) mass is 254 g/mol. The smallest absolute Gasteiger partial charge is 0.161 e. The first-order valence-corrected chi connectivity index (χ1v) is 6.71. The zero-order chi connectivity index (χ0) is 13.2. The van der Waals surface area contributed by atoms with Crippen molar-refractivity contribution < 1.29 is 0 Å². The molecule has 0 saturated heterocycles. The van der Waals surface area contributed by atoms with Crippen molar-refractivity contribution in [2.45, 2.75) is 32.6 Å². The average Bonchev–Trinajstić information content (AvgIpc) is 2.46. The van der Waals surface area contributed by atoms with E-state index in [0.29, 0.717) is 0 Å². The number of benzene rings is 1. The Balaban J connectivity index is 2.12. The fraction of sp³-hybridized carbons (Fsp3) is 0.333. The first-order chi connectivity index (χ1) is 9.28. The second kappa shape index (κ2) is 4.97. The van der Waals surface area contributed by atoms with Crippen LogP contribution in [0.15, 0.2) is 24.3 Å². The standard InChI is InChI=1S/C15H18N4/c1-10-5-4-6-11(9-10)14-17-13-8-3-2-7-12(13)15(18-14)19-16/h4-6,9H,2-3,7-8,16H2,1H3,(H,17,18,19). The van der Waals surface area contributed by atoms with E-state index in [1.807, 2.05) is 12.1 Å². The summed E-state index contributed by atoms with van der Waals surface area (Å²) in [5, 5.41) is 0. The Hall–Kier alpha value is -1.94. The second-order valence-electron chi connectivity index (χ2n) is 5.04. The summed E-state index contributed by atoms with van der Waals surface area (Å²) in [6.07, 6.45) is 4.42. The molecule has 0 radical (unpaired) electrons. The maximum Gasteiger partial charge on any atom is 0.161 e. The number of nitrogens with zero attached hydrogens (tertiary/aromatic N) is 2. The topological polar surface area (TPSA) is 63.8 Å². The summed E-state index contributed by atoms with van der Waals surface area (Å²) in [5.74, 6) is 7.15. The quantitative estimate of drug-likeness (QED) is 0.638. The highest BCUT2D eigenvalue weighted by Crippen LogP contribution is 2.28. The molecule has 0 atom stereocenters. The predicted octanol–water partition coefficient (Wildman–Crippen LogP) is 2.62. The van der Waals surface area contributed by atoms with Crippen LogP contribution < -0.4 is 11.3 Å². The van der Waals surface area contributed by atoms with Gasteiger partial charge in [-0.15, -0.1) is 0 Å². The van der Waals surface area contributed by atoms with Gasteiger partial charge in [-0.2, -0.15) is 0 Å². The van der Waals surface area contributed by atoms with Crippen molar-refractivity contribution in [3.05, 3.63) is 41.1 Å². The Labute approximate surface area is 113 Å². The lowest BCUT2D eigenvalue weighted by molar-refractivity contribution is 0.665. The van der Waals surface area contributed by atoms with Gasteiger partial charge in [0.05, 0.1) is 0 Å². The number of nitrogen functional groups attached to an aromatic ring is 1. The van der Waals surface area contributed by atoms with Crippen LogP contribution in [0.25, 0.3) is 11.4 Å². The molecule has 0 saturated carbocycles. The first kappa shape index (κ1) is 12.1. The lowest BCUT2D eigenvalue weighted by Crippen LogP contribution is -2.17. The van der Waals surface area contributed by atoms with Crippen LogP contribution in [0.5, 0.6) is 0 Å². The molecule has 0 amide bonds. The Morgan fingerprint density at radius 3 is 2.79 bits per heavy atom. The molecule has 1 aromatic carbocycles. The van der Waals surface area contributed by atoms with Crippen LogP contribution in [-0.4, -0.2) is 9.97 Å². The maximum atomic E-state index is 5.61. The van der Waals surface area contributed by atoms with Gasteiger partial charge in [-0.1, -0.05) is 23.8 Å². The Bertz CT molecular complexity index is 590. The average molecular weight is 254 g/mol. The third-order valence-corrected chi connectivity index (χ3v) is 3.60. The molecule has 3 rings (SSSR count). The highest BCUT2D eigenvalue weighted by molar-refractivity contribution is 5.60. The van der Waals surface area contributed by atoms with E-state index in [9.17, 15) is 0 Å². The summed E-state index contributed by atoms with van der Waals surface area (Å²) in [4.78, 5) is 9.30. The number of nitrogens with one attached hydrogen (secondary N) is 1. The van der Waals surface area contributed by atoms with Crippen molar-refractivity contribution >= 4 is 5.82 Å². The summed E-state index contributed by atoms with van der Waals surface area (Å²) < 4.78 is 0. The fourth-order valence-corrected chi connectivity index (χ4v) is 2.63. The number of hydrogen-bond acceptors (Lipinski definition) is 4. The molecule has 19 heavy (non-hydrogen) atoms. The molecular formula is C15H18N4. The fourth-order valence-electron chi connectivity index (χ4n) is 2.63. The third-order valence-electron chi connectivity index (χ3n) is 3.60. The lowest BCUT2D eigenvalue weighted by atomic mass is 9.96. The number of aryl methyl sites for hydroxylation is 2. The van der Waals surface area contributed by atoms with Gasteiger partial charge < -0.3 is 5.43 Å². The molecule has 0 fully saturated rings. The van der Waals surface area contributed by atoms with Crippen LogP contribution in [0.4, 0.5) is 5.82 Å². The SMILES string of the molecule is Cc1cccc(-c2nc3c(c(NN)n2)CCCC3)c1. The van der Waals surface area contributed by atoms with E-state index in [4.69, 9.17) is 10.8 Å². The summed E-state index contributed by atoms with van der Waals surface area (Å²) in [7, 11) is 0. The van der Waals surface area contributed by atoms with Crippen molar-refractivity contribution in [1.29, 1.82) is 0 Å². The van der Waals surface area contributed by atoms with Crippen LogP contribution in [0.3, 0.4) is 0 Å². The van der Waals surface area contributed by atoms with E-state index in [0.717, 1.165) is 35.7 Å². The molecule has 1 aliphatic rings. The van der Waals surface area contributed by atoms with Gasteiger partial charge in [-0.25, -0.2) is 15.8 Å². The van der Waals surface area contributed by atoms with E-state index < -0.39 is 0 Å². The zero-order valence-corrected chi connectivity index (χ0v) is 11.1. The van der Waals surface area contributed by atoms with Crippen LogP contribution in [0, 0.1) is 6.92 Å². The molecule has 1 heterocycles.